The number of hydrogen-bond acceptors (Lipinski definition) is 5. The molecular formula is C21H18N4O4. The van der Waals surface area contributed by atoms with Gasteiger partial charge >= 0.3 is 0 Å². The molecule has 1 amide bonds. The van der Waals surface area contributed by atoms with Gasteiger partial charge in [-0.05, 0) is 43.3 Å². The highest BCUT2D eigenvalue weighted by Crippen LogP contribution is 2.23. The van der Waals surface area contributed by atoms with Crippen LogP contribution in [0.5, 0.6) is 5.75 Å². The minimum absolute atomic E-state index is 0.0435. The monoisotopic (exact) mass is 390 g/mol. The summed E-state index contributed by atoms with van der Waals surface area (Å²) in [5.74, 6) is -0.0492. The van der Waals surface area contributed by atoms with Crippen molar-refractivity contribution in [1.29, 1.82) is 0 Å². The molecule has 146 valence electrons. The number of rotatable bonds is 4. The number of aromatic nitrogens is 3. The molecule has 0 radical (unpaired) electrons. The molecule has 0 saturated heterocycles. The van der Waals surface area contributed by atoms with E-state index in [0.29, 0.717) is 22.7 Å². The molecule has 8 heteroatoms. The molecule has 2 aromatic carbocycles. The Kier molecular flexibility index (Phi) is 4.52. The zero-order valence-electron chi connectivity index (χ0n) is 15.8. The number of anilines is 1. The first-order valence-corrected chi connectivity index (χ1v) is 8.87. The predicted octanol–water partition coefficient (Wildman–Crippen LogP) is 3.10. The van der Waals surface area contributed by atoms with Gasteiger partial charge in [-0.15, -0.1) is 0 Å². The Bertz CT molecular complexity index is 1230. The van der Waals surface area contributed by atoms with Crippen LogP contribution in [0, 0.1) is 6.92 Å². The van der Waals surface area contributed by atoms with E-state index >= 15 is 0 Å². The van der Waals surface area contributed by atoms with Crippen LogP contribution < -0.4 is 10.9 Å². The van der Waals surface area contributed by atoms with E-state index in [9.17, 15) is 14.7 Å². The van der Waals surface area contributed by atoms with Crippen molar-refractivity contribution < 1.29 is 14.4 Å². The van der Waals surface area contributed by atoms with Crippen LogP contribution in [0.25, 0.3) is 17.0 Å². The van der Waals surface area contributed by atoms with E-state index in [1.54, 1.807) is 30.8 Å². The van der Waals surface area contributed by atoms with Crippen LogP contribution in [0.15, 0.2) is 70.0 Å². The SMILES string of the molecule is Cc1c(NC(=O)c2cc(-c3ccc(O)cc3)on2)c(=O)n(-c2ccccc2)n1C. The highest BCUT2D eigenvalue weighted by atomic mass is 16.5. The fourth-order valence-electron chi connectivity index (χ4n) is 3.03. The number of benzene rings is 2. The fraction of sp³-hybridized carbons (Fsp3) is 0.0952. The summed E-state index contributed by atoms with van der Waals surface area (Å²) >= 11 is 0. The Balaban J connectivity index is 1.63. The lowest BCUT2D eigenvalue weighted by atomic mass is 10.1. The zero-order chi connectivity index (χ0) is 20.5. The van der Waals surface area contributed by atoms with Crippen molar-refractivity contribution >= 4 is 11.6 Å². The maximum atomic E-state index is 12.9. The summed E-state index contributed by atoms with van der Waals surface area (Å²) in [6.45, 7) is 1.75. The highest BCUT2D eigenvalue weighted by Gasteiger charge is 2.21. The lowest BCUT2D eigenvalue weighted by Crippen LogP contribution is -2.23. The standard InChI is InChI=1S/C21H18N4O4/c1-13-19(21(28)25(24(13)2)15-6-4-3-5-7-15)22-20(27)17-12-18(29-23-17)14-8-10-16(26)11-9-14/h3-12,26H,1-2H3,(H,22,27). The number of phenolic OH excluding ortho intramolecular Hbond substituents is 1. The summed E-state index contributed by atoms with van der Waals surface area (Å²) < 4.78 is 8.39. The minimum Gasteiger partial charge on any atom is -0.508 e. The summed E-state index contributed by atoms with van der Waals surface area (Å²) in [6, 6.07) is 17.0. The molecular weight excluding hydrogens is 372 g/mol. The summed E-state index contributed by atoms with van der Waals surface area (Å²) in [6.07, 6.45) is 0. The molecule has 0 aliphatic rings. The van der Waals surface area contributed by atoms with Gasteiger partial charge in [-0.3, -0.25) is 14.3 Å². The third-order valence-corrected chi connectivity index (χ3v) is 4.69. The van der Waals surface area contributed by atoms with Gasteiger partial charge in [-0.25, -0.2) is 4.68 Å². The number of para-hydroxylation sites is 1. The van der Waals surface area contributed by atoms with Crippen molar-refractivity contribution in [3.63, 3.8) is 0 Å². The van der Waals surface area contributed by atoms with Gasteiger partial charge < -0.3 is 14.9 Å². The van der Waals surface area contributed by atoms with Crippen molar-refractivity contribution in [2.75, 3.05) is 5.32 Å². The number of nitrogens with one attached hydrogen (secondary N) is 1. The molecule has 4 aromatic rings. The first-order valence-electron chi connectivity index (χ1n) is 8.87. The van der Waals surface area contributed by atoms with Gasteiger partial charge in [0.1, 0.15) is 11.4 Å². The van der Waals surface area contributed by atoms with E-state index in [0.717, 1.165) is 0 Å². The van der Waals surface area contributed by atoms with Crippen LogP contribution in [0.2, 0.25) is 0 Å². The van der Waals surface area contributed by atoms with Crippen LogP contribution in [0.3, 0.4) is 0 Å². The summed E-state index contributed by atoms with van der Waals surface area (Å²) in [7, 11) is 1.75. The Morgan fingerprint density at radius 3 is 2.48 bits per heavy atom. The molecule has 0 saturated carbocycles. The van der Waals surface area contributed by atoms with Crippen LogP contribution >= 0.6 is 0 Å². The molecule has 0 spiro atoms. The molecule has 2 heterocycles. The molecule has 29 heavy (non-hydrogen) atoms. The lowest BCUT2D eigenvalue weighted by molar-refractivity contribution is 0.101. The average molecular weight is 390 g/mol. The van der Waals surface area contributed by atoms with Gasteiger partial charge in [0.2, 0.25) is 0 Å². The third kappa shape index (κ3) is 3.31. The normalized spacial score (nSPS) is 10.8. The van der Waals surface area contributed by atoms with Gasteiger partial charge in [0, 0.05) is 18.7 Å². The number of carbonyl (C=O) groups is 1. The third-order valence-electron chi connectivity index (χ3n) is 4.69. The lowest BCUT2D eigenvalue weighted by Gasteiger charge is -2.07. The van der Waals surface area contributed by atoms with Crippen LogP contribution in [0.4, 0.5) is 5.69 Å². The maximum absolute atomic E-state index is 12.9. The van der Waals surface area contributed by atoms with E-state index in [2.05, 4.69) is 10.5 Å². The maximum Gasteiger partial charge on any atom is 0.295 e. The molecule has 4 rings (SSSR count). The summed E-state index contributed by atoms with van der Waals surface area (Å²) in [5.41, 5.74) is 1.84. The molecule has 0 atom stereocenters. The van der Waals surface area contributed by atoms with Crippen molar-refractivity contribution in [1.82, 2.24) is 14.5 Å². The number of hydrogen-bond donors (Lipinski definition) is 2. The topological polar surface area (TPSA) is 102 Å². The molecule has 8 nitrogen and oxygen atoms in total. The molecule has 2 N–H and O–H groups in total. The Hall–Kier alpha value is -4.07. The Morgan fingerprint density at radius 2 is 1.79 bits per heavy atom. The van der Waals surface area contributed by atoms with Crippen LogP contribution in [0.1, 0.15) is 16.2 Å². The quantitative estimate of drug-likeness (QED) is 0.557. The average Bonchev–Trinajstić information content (AvgIpc) is 3.29. The summed E-state index contributed by atoms with van der Waals surface area (Å²) in [4.78, 5) is 25.5. The van der Waals surface area contributed by atoms with Crippen LogP contribution in [-0.2, 0) is 7.05 Å². The second-order valence-electron chi connectivity index (χ2n) is 6.51. The Labute approximate surface area is 165 Å². The Morgan fingerprint density at radius 1 is 1.10 bits per heavy atom. The van der Waals surface area contributed by atoms with E-state index in [1.807, 2.05) is 30.3 Å². The molecule has 0 bridgehead atoms. The first-order chi connectivity index (χ1) is 14.0. The first kappa shape index (κ1) is 18.3. The van der Waals surface area contributed by atoms with Gasteiger partial charge in [0.15, 0.2) is 11.5 Å². The minimum atomic E-state index is -0.551. The van der Waals surface area contributed by atoms with Crippen molar-refractivity contribution in [3.8, 4) is 22.8 Å². The van der Waals surface area contributed by atoms with E-state index in [-0.39, 0.29) is 22.7 Å². The number of carbonyl (C=O) groups excluding carboxylic acids is 1. The van der Waals surface area contributed by atoms with Crippen molar-refractivity contribution in [2.24, 2.45) is 7.05 Å². The van der Waals surface area contributed by atoms with E-state index in [1.165, 1.54) is 22.9 Å². The molecule has 0 fully saturated rings. The second kappa shape index (κ2) is 7.16. The molecule has 2 aromatic heterocycles. The van der Waals surface area contributed by atoms with Crippen molar-refractivity contribution in [3.05, 3.63) is 82.4 Å². The van der Waals surface area contributed by atoms with E-state index in [4.69, 9.17) is 4.52 Å². The van der Waals surface area contributed by atoms with Gasteiger partial charge in [0.05, 0.1) is 11.4 Å². The van der Waals surface area contributed by atoms with Gasteiger partial charge in [-0.2, -0.15) is 0 Å². The number of nitrogens with zero attached hydrogens (tertiary/aromatic N) is 3. The zero-order valence-corrected chi connectivity index (χ0v) is 15.8. The number of aromatic hydroxyl groups is 1. The number of amides is 1. The second-order valence-corrected chi connectivity index (χ2v) is 6.51. The highest BCUT2D eigenvalue weighted by molar-refractivity contribution is 6.03. The molecule has 0 aliphatic carbocycles. The van der Waals surface area contributed by atoms with Crippen LogP contribution in [-0.4, -0.2) is 25.5 Å². The largest absolute Gasteiger partial charge is 0.508 e. The fourth-order valence-corrected chi connectivity index (χ4v) is 3.03. The van der Waals surface area contributed by atoms with E-state index < -0.39 is 5.91 Å². The van der Waals surface area contributed by atoms with Gasteiger partial charge in [0.25, 0.3) is 11.5 Å². The number of phenols is 1. The van der Waals surface area contributed by atoms with Crippen molar-refractivity contribution in [2.45, 2.75) is 6.92 Å². The predicted molar refractivity (Wildman–Crippen MR) is 107 cm³/mol. The van der Waals surface area contributed by atoms with Gasteiger partial charge in [-0.1, -0.05) is 23.4 Å². The smallest absolute Gasteiger partial charge is 0.295 e. The summed E-state index contributed by atoms with van der Waals surface area (Å²) in [5, 5.41) is 15.8. The molecule has 0 unspecified atom stereocenters. The molecule has 0 aliphatic heterocycles.